The molecule has 0 amide bonds. The lowest BCUT2D eigenvalue weighted by atomic mass is 10.1. The smallest absolute Gasteiger partial charge is 0.168 e. The zero-order chi connectivity index (χ0) is 10.7. The van der Waals surface area contributed by atoms with E-state index in [-0.39, 0.29) is 0 Å². The predicted molar refractivity (Wildman–Crippen MR) is 61.1 cm³/mol. The molecule has 0 radical (unpaired) electrons. The number of imidazole rings is 1. The monoisotopic (exact) mass is 227 g/mol. The Balaban J connectivity index is 2.00. The van der Waals surface area contributed by atoms with Crippen molar-refractivity contribution in [2.24, 2.45) is 7.05 Å². The molecule has 4 nitrogen and oxygen atoms in total. The van der Waals surface area contributed by atoms with Crippen LogP contribution in [-0.2, 0) is 11.8 Å². The summed E-state index contributed by atoms with van der Waals surface area (Å²) in [5, 5.41) is 4.87. The highest BCUT2D eigenvalue weighted by Crippen LogP contribution is 2.27. The Labute approximate surface area is 94.4 Å². The maximum absolute atomic E-state index is 5.50. The van der Waals surface area contributed by atoms with E-state index in [2.05, 4.69) is 10.3 Å². The number of nitrogens with one attached hydrogen (secondary N) is 1. The fourth-order valence-electron chi connectivity index (χ4n) is 1.76. The highest BCUT2D eigenvalue weighted by atomic mass is 32.2. The summed E-state index contributed by atoms with van der Waals surface area (Å²) in [5.41, 5.74) is 0. The van der Waals surface area contributed by atoms with E-state index in [9.17, 15) is 0 Å². The number of rotatable bonds is 3. The molecule has 0 aliphatic carbocycles. The van der Waals surface area contributed by atoms with E-state index in [1.807, 2.05) is 31.1 Å². The van der Waals surface area contributed by atoms with Crippen molar-refractivity contribution in [3.05, 3.63) is 12.4 Å². The third-order valence-corrected chi connectivity index (χ3v) is 4.08. The van der Waals surface area contributed by atoms with Crippen LogP contribution >= 0.6 is 11.8 Å². The fraction of sp³-hybridized carbons (Fsp3) is 0.700. The third kappa shape index (κ3) is 2.53. The van der Waals surface area contributed by atoms with Crippen molar-refractivity contribution in [2.45, 2.75) is 22.9 Å². The van der Waals surface area contributed by atoms with Gasteiger partial charge in [-0.1, -0.05) is 11.8 Å². The Bertz CT molecular complexity index is 315. The lowest BCUT2D eigenvalue weighted by molar-refractivity contribution is 0.0849. The minimum Gasteiger partial charge on any atom is -0.380 e. The normalized spacial score (nSPS) is 26.8. The summed E-state index contributed by atoms with van der Waals surface area (Å²) >= 11 is 1.79. The molecule has 84 valence electrons. The average molecular weight is 227 g/mol. The molecule has 0 spiro atoms. The molecule has 15 heavy (non-hydrogen) atoms. The van der Waals surface area contributed by atoms with Gasteiger partial charge in [-0.3, -0.25) is 0 Å². The first-order valence-electron chi connectivity index (χ1n) is 5.20. The van der Waals surface area contributed by atoms with Crippen LogP contribution in [0.2, 0.25) is 0 Å². The van der Waals surface area contributed by atoms with Gasteiger partial charge in [0.25, 0.3) is 0 Å². The van der Waals surface area contributed by atoms with Gasteiger partial charge in [0.05, 0.1) is 11.9 Å². The van der Waals surface area contributed by atoms with Crippen LogP contribution in [0.5, 0.6) is 0 Å². The van der Waals surface area contributed by atoms with Crippen LogP contribution in [-0.4, -0.2) is 41.1 Å². The van der Waals surface area contributed by atoms with E-state index >= 15 is 0 Å². The number of nitrogens with zero attached hydrogens (tertiary/aromatic N) is 2. The Morgan fingerprint density at radius 2 is 2.53 bits per heavy atom. The molecule has 1 N–H and O–H groups in total. The topological polar surface area (TPSA) is 39.1 Å². The number of hydrogen-bond donors (Lipinski definition) is 1. The summed E-state index contributed by atoms with van der Waals surface area (Å²) in [6.07, 6.45) is 4.89. The van der Waals surface area contributed by atoms with Gasteiger partial charge < -0.3 is 14.6 Å². The molecule has 2 unspecified atom stereocenters. The van der Waals surface area contributed by atoms with Gasteiger partial charge in [0, 0.05) is 32.1 Å². The molecular weight excluding hydrogens is 210 g/mol. The van der Waals surface area contributed by atoms with Crippen LogP contribution in [0.4, 0.5) is 0 Å². The van der Waals surface area contributed by atoms with Gasteiger partial charge in [-0.25, -0.2) is 4.98 Å². The van der Waals surface area contributed by atoms with Crippen LogP contribution in [0.1, 0.15) is 6.42 Å². The van der Waals surface area contributed by atoms with Crippen molar-refractivity contribution in [1.82, 2.24) is 14.9 Å². The molecule has 0 bridgehead atoms. The minimum atomic E-state index is 0.463. The molecule has 1 aromatic rings. The van der Waals surface area contributed by atoms with Crippen LogP contribution in [0.25, 0.3) is 0 Å². The van der Waals surface area contributed by atoms with Crippen LogP contribution in [0.15, 0.2) is 17.6 Å². The SMILES string of the molecule is CNC1CCOCC1Sc1nccn1C. The molecule has 2 rings (SSSR count). The molecular formula is C10H17N3OS. The summed E-state index contributed by atoms with van der Waals surface area (Å²) in [6.45, 7) is 1.67. The largest absolute Gasteiger partial charge is 0.380 e. The molecule has 0 saturated carbocycles. The van der Waals surface area contributed by atoms with Gasteiger partial charge in [-0.15, -0.1) is 0 Å². The number of aromatic nitrogens is 2. The van der Waals surface area contributed by atoms with E-state index in [1.54, 1.807) is 11.8 Å². The Morgan fingerprint density at radius 1 is 1.67 bits per heavy atom. The number of ether oxygens (including phenoxy) is 1. The van der Waals surface area contributed by atoms with Gasteiger partial charge in [0.1, 0.15) is 0 Å². The van der Waals surface area contributed by atoms with E-state index in [4.69, 9.17) is 4.74 Å². The molecule has 1 aliphatic rings. The van der Waals surface area contributed by atoms with E-state index in [0.717, 1.165) is 24.8 Å². The Kier molecular flexibility index (Phi) is 3.66. The van der Waals surface area contributed by atoms with Crippen molar-refractivity contribution in [3.8, 4) is 0 Å². The van der Waals surface area contributed by atoms with Crippen molar-refractivity contribution >= 4 is 11.8 Å². The first kappa shape index (κ1) is 11.0. The van der Waals surface area contributed by atoms with Gasteiger partial charge in [-0.05, 0) is 13.5 Å². The fourth-order valence-corrected chi connectivity index (χ4v) is 2.98. The summed E-state index contributed by atoms with van der Waals surface area (Å²) in [7, 11) is 4.04. The van der Waals surface area contributed by atoms with Crippen molar-refractivity contribution < 1.29 is 4.74 Å². The second-order valence-electron chi connectivity index (χ2n) is 3.74. The van der Waals surface area contributed by atoms with Crippen LogP contribution in [0, 0.1) is 0 Å². The molecule has 1 aromatic heterocycles. The summed E-state index contributed by atoms with van der Waals surface area (Å²) in [4.78, 5) is 4.32. The standard InChI is InChI=1S/C10H17N3OS/c1-11-8-3-6-14-7-9(8)15-10-12-4-5-13(10)2/h4-5,8-9,11H,3,6-7H2,1-2H3. The summed E-state index contributed by atoms with van der Waals surface area (Å²) < 4.78 is 7.55. The van der Waals surface area contributed by atoms with Gasteiger partial charge in [0.15, 0.2) is 5.16 Å². The Hall–Kier alpha value is -0.520. The highest BCUT2D eigenvalue weighted by molar-refractivity contribution is 7.99. The maximum atomic E-state index is 5.50. The van der Waals surface area contributed by atoms with E-state index in [1.165, 1.54) is 0 Å². The van der Waals surface area contributed by atoms with E-state index in [0.29, 0.717) is 11.3 Å². The van der Waals surface area contributed by atoms with Crippen LogP contribution in [0.3, 0.4) is 0 Å². The second kappa shape index (κ2) is 5.01. The second-order valence-corrected chi connectivity index (χ2v) is 4.94. The van der Waals surface area contributed by atoms with Gasteiger partial charge in [-0.2, -0.15) is 0 Å². The lowest BCUT2D eigenvalue weighted by Gasteiger charge is -2.30. The lowest BCUT2D eigenvalue weighted by Crippen LogP contribution is -2.43. The molecule has 1 saturated heterocycles. The Morgan fingerprint density at radius 3 is 3.20 bits per heavy atom. The van der Waals surface area contributed by atoms with E-state index < -0.39 is 0 Å². The molecule has 1 fully saturated rings. The first-order valence-corrected chi connectivity index (χ1v) is 6.08. The number of hydrogen-bond acceptors (Lipinski definition) is 4. The quantitative estimate of drug-likeness (QED) is 0.832. The molecule has 0 aromatic carbocycles. The van der Waals surface area contributed by atoms with Crippen molar-refractivity contribution in [1.29, 1.82) is 0 Å². The zero-order valence-corrected chi connectivity index (χ0v) is 9.96. The van der Waals surface area contributed by atoms with Crippen LogP contribution < -0.4 is 5.32 Å². The maximum Gasteiger partial charge on any atom is 0.168 e. The van der Waals surface area contributed by atoms with Gasteiger partial charge in [0.2, 0.25) is 0 Å². The average Bonchev–Trinajstić information content (AvgIpc) is 2.65. The third-order valence-electron chi connectivity index (χ3n) is 2.71. The van der Waals surface area contributed by atoms with Gasteiger partial charge >= 0.3 is 0 Å². The number of aryl methyl sites for hydroxylation is 1. The molecule has 2 atom stereocenters. The minimum absolute atomic E-state index is 0.463. The molecule has 1 aliphatic heterocycles. The molecule has 2 heterocycles. The summed E-state index contributed by atoms with van der Waals surface area (Å²) in [5.74, 6) is 0. The first-order chi connectivity index (χ1) is 7.31. The van der Waals surface area contributed by atoms with Crippen molar-refractivity contribution in [3.63, 3.8) is 0 Å². The summed E-state index contributed by atoms with van der Waals surface area (Å²) in [6, 6.07) is 0.528. The molecule has 5 heteroatoms. The zero-order valence-electron chi connectivity index (χ0n) is 9.14. The van der Waals surface area contributed by atoms with Crippen molar-refractivity contribution in [2.75, 3.05) is 20.3 Å². The highest BCUT2D eigenvalue weighted by Gasteiger charge is 2.26. The number of thioether (sulfide) groups is 1. The predicted octanol–water partition coefficient (Wildman–Crippen LogP) is 0.889.